The number of nitrogens with one attached hydrogen (secondary N) is 3. The third-order valence-corrected chi connectivity index (χ3v) is 4.98. The summed E-state index contributed by atoms with van der Waals surface area (Å²) in [6, 6.07) is 4.86. The number of guanidine groups is 1. The van der Waals surface area contributed by atoms with Crippen LogP contribution in [-0.2, 0) is 0 Å². The summed E-state index contributed by atoms with van der Waals surface area (Å²) in [5, 5.41) is 11.5. The Morgan fingerprint density at radius 2 is 1.67 bits per heavy atom. The molecule has 0 unspecified atom stereocenters. The predicted octanol–water partition coefficient (Wildman–Crippen LogP) is 3.16. The fraction of sp³-hybridized carbons (Fsp3) is 0.684. The second kappa shape index (κ2) is 15.1. The van der Waals surface area contributed by atoms with Crippen molar-refractivity contribution in [2.75, 3.05) is 33.2 Å². The molecule has 0 bridgehead atoms. The van der Waals surface area contributed by atoms with E-state index < -0.39 is 0 Å². The normalized spacial score (nSPS) is 11.6. The first-order valence-electron chi connectivity index (χ1n) is 9.47. The lowest BCUT2D eigenvalue weighted by atomic mass is 10.2. The number of amides is 1. The Hall–Kier alpha value is -0.870. The molecule has 0 aliphatic heterocycles. The minimum absolute atomic E-state index is 0. The minimum atomic E-state index is 0. The molecule has 0 aliphatic carbocycles. The van der Waals surface area contributed by atoms with E-state index in [1.165, 1.54) is 11.3 Å². The Bertz CT molecular complexity index is 526. The molecule has 0 fully saturated rings. The maximum atomic E-state index is 11.8. The number of thiophene rings is 1. The van der Waals surface area contributed by atoms with Crippen molar-refractivity contribution in [3.63, 3.8) is 0 Å². The van der Waals surface area contributed by atoms with Crippen molar-refractivity contribution in [3.05, 3.63) is 22.4 Å². The van der Waals surface area contributed by atoms with Crippen LogP contribution < -0.4 is 16.0 Å². The summed E-state index contributed by atoms with van der Waals surface area (Å²) in [4.78, 5) is 19.3. The van der Waals surface area contributed by atoms with E-state index in [4.69, 9.17) is 0 Å². The van der Waals surface area contributed by atoms with Gasteiger partial charge in [0.1, 0.15) is 0 Å². The first-order chi connectivity index (χ1) is 12.5. The monoisotopic (exact) mass is 509 g/mol. The van der Waals surface area contributed by atoms with Crippen molar-refractivity contribution >= 4 is 47.2 Å². The van der Waals surface area contributed by atoms with Crippen LogP contribution in [0, 0.1) is 0 Å². The molecule has 1 aromatic heterocycles. The quantitative estimate of drug-likeness (QED) is 0.186. The van der Waals surface area contributed by atoms with Gasteiger partial charge < -0.3 is 16.0 Å². The minimum Gasteiger partial charge on any atom is -0.356 e. The van der Waals surface area contributed by atoms with E-state index in [-0.39, 0.29) is 29.9 Å². The summed E-state index contributed by atoms with van der Waals surface area (Å²) in [6.07, 6.45) is 1.93. The lowest BCUT2D eigenvalue weighted by Crippen LogP contribution is -2.41. The summed E-state index contributed by atoms with van der Waals surface area (Å²) in [6.45, 7) is 12.4. The fourth-order valence-corrected chi connectivity index (χ4v) is 3.43. The van der Waals surface area contributed by atoms with Gasteiger partial charge in [0.25, 0.3) is 5.91 Å². The Morgan fingerprint density at radius 3 is 2.19 bits per heavy atom. The summed E-state index contributed by atoms with van der Waals surface area (Å²) in [5.74, 6) is 0.817. The zero-order valence-corrected chi connectivity index (χ0v) is 20.4. The lowest BCUT2D eigenvalue weighted by molar-refractivity contribution is 0.0957. The molecule has 0 radical (unpaired) electrons. The van der Waals surface area contributed by atoms with E-state index in [1.807, 2.05) is 17.5 Å². The molecule has 0 atom stereocenters. The van der Waals surface area contributed by atoms with Crippen LogP contribution >= 0.6 is 35.3 Å². The van der Waals surface area contributed by atoms with Gasteiger partial charge in [0.2, 0.25) is 0 Å². The van der Waals surface area contributed by atoms with Crippen molar-refractivity contribution < 1.29 is 4.79 Å². The van der Waals surface area contributed by atoms with Crippen molar-refractivity contribution in [2.45, 2.75) is 52.6 Å². The van der Waals surface area contributed by atoms with Gasteiger partial charge in [0.05, 0.1) is 4.88 Å². The number of hydrogen-bond donors (Lipinski definition) is 3. The highest BCUT2D eigenvalue weighted by Crippen LogP contribution is 2.07. The van der Waals surface area contributed by atoms with Gasteiger partial charge in [-0.05, 0) is 52.0 Å². The van der Waals surface area contributed by atoms with Crippen LogP contribution in [0.5, 0.6) is 0 Å². The number of carbonyl (C=O) groups is 1. The first kappa shape index (κ1) is 26.1. The third-order valence-electron chi connectivity index (χ3n) is 4.11. The van der Waals surface area contributed by atoms with E-state index in [9.17, 15) is 4.79 Å². The molecule has 6 nitrogen and oxygen atoms in total. The summed E-state index contributed by atoms with van der Waals surface area (Å²) < 4.78 is 0. The molecule has 27 heavy (non-hydrogen) atoms. The van der Waals surface area contributed by atoms with Crippen LogP contribution in [-0.4, -0.2) is 62.1 Å². The summed E-state index contributed by atoms with van der Waals surface area (Å²) >= 11 is 1.46. The molecule has 0 aromatic carbocycles. The van der Waals surface area contributed by atoms with E-state index in [0.717, 1.165) is 43.3 Å². The SMILES string of the molecule is CN=C(NCCCNC(=O)c1cccs1)NCCCN(C(C)C)C(C)C.I. The highest BCUT2D eigenvalue weighted by molar-refractivity contribution is 14.0. The Kier molecular flexibility index (Phi) is 14.6. The number of halogens is 1. The van der Waals surface area contributed by atoms with Gasteiger partial charge in [0, 0.05) is 45.3 Å². The standard InChI is InChI=1S/C19H35N5OS.HI/c1-15(2)24(16(3)4)13-8-12-23-19(20-5)22-11-7-10-21-18(25)17-9-6-14-26-17;/h6,9,14-16H,7-8,10-13H2,1-5H3,(H,21,25)(H2,20,22,23);1H. The van der Waals surface area contributed by atoms with Gasteiger partial charge in [-0.1, -0.05) is 6.07 Å². The van der Waals surface area contributed by atoms with Crippen LogP contribution in [0.25, 0.3) is 0 Å². The van der Waals surface area contributed by atoms with Crippen LogP contribution in [0.3, 0.4) is 0 Å². The zero-order chi connectivity index (χ0) is 19.4. The predicted molar refractivity (Wildman–Crippen MR) is 128 cm³/mol. The van der Waals surface area contributed by atoms with Crippen molar-refractivity contribution in [1.29, 1.82) is 0 Å². The van der Waals surface area contributed by atoms with Crippen molar-refractivity contribution in [3.8, 4) is 0 Å². The van der Waals surface area contributed by atoms with Crippen LogP contribution in [0.15, 0.2) is 22.5 Å². The van der Waals surface area contributed by atoms with Crippen LogP contribution in [0.1, 0.15) is 50.2 Å². The molecule has 0 saturated carbocycles. The maximum absolute atomic E-state index is 11.8. The van der Waals surface area contributed by atoms with Gasteiger partial charge in [-0.25, -0.2) is 0 Å². The molecule has 1 amide bonds. The second-order valence-corrected chi connectivity index (χ2v) is 7.74. The van der Waals surface area contributed by atoms with Gasteiger partial charge in [-0.15, -0.1) is 35.3 Å². The average Bonchev–Trinajstić information content (AvgIpc) is 3.13. The van der Waals surface area contributed by atoms with Crippen molar-refractivity contribution in [2.24, 2.45) is 4.99 Å². The zero-order valence-electron chi connectivity index (χ0n) is 17.2. The molecule has 3 N–H and O–H groups in total. The second-order valence-electron chi connectivity index (χ2n) is 6.79. The van der Waals surface area contributed by atoms with Crippen LogP contribution in [0.4, 0.5) is 0 Å². The molecule has 1 heterocycles. The maximum Gasteiger partial charge on any atom is 0.261 e. The Balaban J connectivity index is 0.00000676. The molecule has 156 valence electrons. The number of aliphatic imine (C=N–C) groups is 1. The Morgan fingerprint density at radius 1 is 1.07 bits per heavy atom. The third kappa shape index (κ3) is 10.9. The van der Waals surface area contributed by atoms with Crippen molar-refractivity contribution in [1.82, 2.24) is 20.9 Å². The molecular weight excluding hydrogens is 473 g/mol. The summed E-state index contributed by atoms with van der Waals surface area (Å²) in [5.41, 5.74) is 0. The lowest BCUT2D eigenvalue weighted by Gasteiger charge is -2.30. The average molecular weight is 510 g/mol. The molecule has 0 saturated heterocycles. The summed E-state index contributed by atoms with van der Waals surface area (Å²) in [7, 11) is 1.78. The van der Waals surface area contributed by atoms with E-state index in [1.54, 1.807) is 7.05 Å². The van der Waals surface area contributed by atoms with Gasteiger partial charge in [0.15, 0.2) is 5.96 Å². The highest BCUT2D eigenvalue weighted by atomic mass is 127. The smallest absolute Gasteiger partial charge is 0.261 e. The van der Waals surface area contributed by atoms with Crippen LogP contribution in [0.2, 0.25) is 0 Å². The van der Waals surface area contributed by atoms with Gasteiger partial charge >= 0.3 is 0 Å². The number of hydrogen-bond acceptors (Lipinski definition) is 4. The number of carbonyl (C=O) groups excluding carboxylic acids is 1. The number of rotatable bonds is 11. The molecule has 8 heteroatoms. The largest absolute Gasteiger partial charge is 0.356 e. The van der Waals surface area contributed by atoms with Gasteiger partial charge in [-0.3, -0.25) is 14.7 Å². The van der Waals surface area contributed by atoms with E-state index in [0.29, 0.717) is 18.6 Å². The highest BCUT2D eigenvalue weighted by Gasteiger charge is 2.12. The molecule has 1 aromatic rings. The Labute approximate surface area is 185 Å². The molecule has 1 rings (SSSR count). The molecular formula is C19H36IN5OS. The molecule has 0 aliphatic rings. The fourth-order valence-electron chi connectivity index (χ4n) is 2.79. The van der Waals surface area contributed by atoms with E-state index >= 15 is 0 Å². The number of nitrogens with zero attached hydrogens (tertiary/aromatic N) is 2. The van der Waals surface area contributed by atoms with Gasteiger partial charge in [-0.2, -0.15) is 0 Å². The van der Waals surface area contributed by atoms with E-state index in [2.05, 4.69) is 53.5 Å². The first-order valence-corrected chi connectivity index (χ1v) is 10.4. The molecule has 0 spiro atoms. The topological polar surface area (TPSA) is 68.8 Å².